The second kappa shape index (κ2) is 5.38. The molecule has 3 aliphatic rings. The average Bonchev–Trinajstić information content (AvgIpc) is 2.89. The van der Waals surface area contributed by atoms with Crippen molar-refractivity contribution in [2.75, 3.05) is 26.2 Å². The molecule has 0 saturated carbocycles. The summed E-state index contributed by atoms with van der Waals surface area (Å²) in [7, 11) is 0. The first-order valence-corrected chi connectivity index (χ1v) is 8.37. The lowest BCUT2D eigenvalue weighted by molar-refractivity contribution is -0.122. The van der Waals surface area contributed by atoms with Crippen molar-refractivity contribution in [3.05, 3.63) is 17.0 Å². The van der Waals surface area contributed by atoms with Gasteiger partial charge in [0.05, 0.1) is 11.3 Å². The van der Waals surface area contributed by atoms with Crippen LogP contribution in [0.4, 0.5) is 0 Å². The number of hydrogen-bond acceptors (Lipinski definition) is 4. The van der Waals surface area contributed by atoms with E-state index in [1.54, 1.807) is 0 Å². The van der Waals surface area contributed by atoms with Gasteiger partial charge in [-0.3, -0.25) is 10.00 Å². The summed E-state index contributed by atoms with van der Waals surface area (Å²) in [5.41, 5.74) is 4.12. The lowest BCUT2D eigenvalue weighted by Gasteiger charge is -2.47. The summed E-state index contributed by atoms with van der Waals surface area (Å²) >= 11 is 0. The fraction of sp³-hybridized carbons (Fsp3) is 0.812. The van der Waals surface area contributed by atoms with E-state index in [0.717, 1.165) is 39.2 Å². The van der Waals surface area contributed by atoms with Gasteiger partial charge < -0.3 is 10.1 Å². The average molecular weight is 290 g/mol. The van der Waals surface area contributed by atoms with Gasteiger partial charge in [0, 0.05) is 43.4 Å². The minimum absolute atomic E-state index is 0.153. The highest BCUT2D eigenvalue weighted by Gasteiger charge is 2.41. The third kappa shape index (κ3) is 2.51. The third-order valence-electron chi connectivity index (χ3n) is 5.65. The van der Waals surface area contributed by atoms with Crippen molar-refractivity contribution in [3.8, 4) is 0 Å². The molecule has 116 valence electrons. The predicted octanol–water partition coefficient (Wildman–Crippen LogP) is 1.38. The van der Waals surface area contributed by atoms with E-state index >= 15 is 0 Å². The Kier molecular flexibility index (Phi) is 3.52. The van der Waals surface area contributed by atoms with Crippen LogP contribution in [0.15, 0.2) is 0 Å². The van der Waals surface area contributed by atoms with Gasteiger partial charge in [-0.1, -0.05) is 0 Å². The van der Waals surface area contributed by atoms with Crippen molar-refractivity contribution in [1.82, 2.24) is 20.4 Å². The van der Waals surface area contributed by atoms with Crippen molar-refractivity contribution in [2.24, 2.45) is 0 Å². The van der Waals surface area contributed by atoms with Crippen LogP contribution < -0.4 is 5.32 Å². The molecular weight excluding hydrogens is 264 g/mol. The van der Waals surface area contributed by atoms with E-state index in [0.29, 0.717) is 6.04 Å². The third-order valence-corrected chi connectivity index (χ3v) is 5.65. The molecule has 5 nitrogen and oxygen atoms in total. The quantitative estimate of drug-likeness (QED) is 0.820. The maximum absolute atomic E-state index is 6.22. The summed E-state index contributed by atoms with van der Waals surface area (Å²) in [6.07, 6.45) is 5.83. The largest absolute Gasteiger partial charge is 0.375 e. The number of aromatic amines is 1. The van der Waals surface area contributed by atoms with Crippen molar-refractivity contribution in [2.45, 2.75) is 57.2 Å². The lowest BCUT2D eigenvalue weighted by Crippen LogP contribution is -2.53. The van der Waals surface area contributed by atoms with Crippen LogP contribution in [0, 0.1) is 6.92 Å². The Hall–Kier alpha value is -0.910. The summed E-state index contributed by atoms with van der Waals surface area (Å²) in [4.78, 5) is 2.68. The van der Waals surface area contributed by atoms with Gasteiger partial charge in [0.25, 0.3) is 0 Å². The summed E-state index contributed by atoms with van der Waals surface area (Å²) in [6, 6.07) is 0.680. The molecule has 1 aromatic rings. The normalized spacial score (nSPS) is 29.5. The minimum atomic E-state index is 0.153. The second-order valence-electron chi connectivity index (χ2n) is 6.92. The Labute approximate surface area is 126 Å². The van der Waals surface area contributed by atoms with E-state index < -0.39 is 0 Å². The number of aryl methyl sites for hydroxylation is 1. The maximum Gasteiger partial charge on any atom is 0.0721 e. The molecule has 0 amide bonds. The Morgan fingerprint density at radius 2 is 2.19 bits per heavy atom. The Balaban J connectivity index is 1.48. The molecule has 0 bridgehead atoms. The molecule has 21 heavy (non-hydrogen) atoms. The van der Waals surface area contributed by atoms with E-state index in [-0.39, 0.29) is 5.60 Å². The SMILES string of the molecule is Cc1[nH]nc2c1CN(C1CCOC3(CCNCC3)C1)CC2. The van der Waals surface area contributed by atoms with Crippen molar-refractivity contribution >= 4 is 0 Å². The highest BCUT2D eigenvalue weighted by Crippen LogP contribution is 2.36. The number of aromatic nitrogens is 2. The predicted molar refractivity (Wildman–Crippen MR) is 81.2 cm³/mol. The van der Waals surface area contributed by atoms with E-state index in [1.165, 1.54) is 42.6 Å². The van der Waals surface area contributed by atoms with Crippen LogP contribution >= 0.6 is 0 Å². The van der Waals surface area contributed by atoms with Gasteiger partial charge >= 0.3 is 0 Å². The van der Waals surface area contributed by atoms with Crippen LogP contribution in [0.1, 0.15) is 42.6 Å². The molecule has 2 N–H and O–H groups in total. The Morgan fingerprint density at radius 3 is 3.05 bits per heavy atom. The number of nitrogens with one attached hydrogen (secondary N) is 2. The summed E-state index contributed by atoms with van der Waals surface area (Å²) in [5, 5.41) is 11.0. The number of fused-ring (bicyclic) bond motifs is 1. The molecule has 0 radical (unpaired) electrons. The smallest absolute Gasteiger partial charge is 0.0721 e. The highest BCUT2D eigenvalue weighted by atomic mass is 16.5. The topological polar surface area (TPSA) is 53.2 Å². The fourth-order valence-electron chi connectivity index (χ4n) is 4.31. The van der Waals surface area contributed by atoms with Crippen LogP contribution in [0.3, 0.4) is 0 Å². The van der Waals surface area contributed by atoms with Gasteiger partial charge in [-0.05, 0) is 45.7 Å². The maximum atomic E-state index is 6.22. The van der Waals surface area contributed by atoms with Crippen LogP contribution in [0.5, 0.6) is 0 Å². The van der Waals surface area contributed by atoms with E-state index in [2.05, 4.69) is 27.3 Å². The first-order chi connectivity index (χ1) is 10.3. The van der Waals surface area contributed by atoms with Crippen LogP contribution in [0.25, 0.3) is 0 Å². The molecule has 0 aromatic carbocycles. The van der Waals surface area contributed by atoms with Gasteiger partial charge in [0.15, 0.2) is 0 Å². The number of H-pyrrole nitrogens is 1. The van der Waals surface area contributed by atoms with E-state index in [9.17, 15) is 0 Å². The first-order valence-electron chi connectivity index (χ1n) is 8.37. The van der Waals surface area contributed by atoms with Crippen LogP contribution in [-0.4, -0.2) is 53.0 Å². The summed E-state index contributed by atoms with van der Waals surface area (Å²) in [5.74, 6) is 0. The van der Waals surface area contributed by atoms with Crippen molar-refractivity contribution in [3.63, 3.8) is 0 Å². The van der Waals surface area contributed by atoms with E-state index in [4.69, 9.17) is 4.74 Å². The molecule has 2 saturated heterocycles. The highest BCUT2D eigenvalue weighted by molar-refractivity contribution is 5.26. The second-order valence-corrected chi connectivity index (χ2v) is 6.92. The van der Waals surface area contributed by atoms with Crippen LogP contribution in [0.2, 0.25) is 0 Å². The molecule has 4 rings (SSSR count). The van der Waals surface area contributed by atoms with Crippen LogP contribution in [-0.2, 0) is 17.7 Å². The first kappa shape index (κ1) is 13.7. The monoisotopic (exact) mass is 290 g/mol. The van der Waals surface area contributed by atoms with Gasteiger partial charge in [-0.25, -0.2) is 0 Å². The molecule has 1 atom stereocenters. The van der Waals surface area contributed by atoms with Gasteiger partial charge in [-0.15, -0.1) is 0 Å². The van der Waals surface area contributed by atoms with Crippen molar-refractivity contribution < 1.29 is 4.74 Å². The lowest BCUT2D eigenvalue weighted by atomic mass is 9.82. The number of nitrogens with zero attached hydrogens (tertiary/aromatic N) is 2. The zero-order valence-electron chi connectivity index (χ0n) is 13.0. The van der Waals surface area contributed by atoms with Gasteiger partial charge in [0.1, 0.15) is 0 Å². The minimum Gasteiger partial charge on any atom is -0.375 e. The molecule has 1 unspecified atom stereocenters. The summed E-state index contributed by atoms with van der Waals surface area (Å²) in [6.45, 7) is 7.51. The zero-order valence-corrected chi connectivity index (χ0v) is 13.0. The molecule has 2 fully saturated rings. The number of ether oxygens (including phenoxy) is 1. The molecule has 5 heteroatoms. The fourth-order valence-corrected chi connectivity index (χ4v) is 4.31. The van der Waals surface area contributed by atoms with Gasteiger partial charge in [0.2, 0.25) is 0 Å². The standard InChI is InChI=1S/C16H26N4O/c1-12-14-11-20(8-2-15(14)19-18-12)13-3-9-21-16(10-13)4-6-17-7-5-16/h13,17H,2-11H2,1H3,(H,18,19). The van der Waals surface area contributed by atoms with Gasteiger partial charge in [-0.2, -0.15) is 5.10 Å². The number of piperidine rings is 1. The number of rotatable bonds is 1. The molecule has 1 aromatic heterocycles. The zero-order chi connectivity index (χ0) is 14.3. The van der Waals surface area contributed by atoms with E-state index in [1.807, 2.05) is 0 Å². The molecular formula is C16H26N4O. The van der Waals surface area contributed by atoms with Crippen molar-refractivity contribution in [1.29, 1.82) is 0 Å². The Bertz CT molecular complexity index is 501. The molecule has 1 spiro atoms. The number of hydrogen-bond donors (Lipinski definition) is 2. The molecule has 3 aliphatic heterocycles. The molecule has 4 heterocycles. The molecule has 0 aliphatic carbocycles. The Morgan fingerprint density at radius 1 is 1.33 bits per heavy atom. The summed E-state index contributed by atoms with van der Waals surface area (Å²) < 4.78 is 6.22.